The van der Waals surface area contributed by atoms with Gasteiger partial charge in [0.1, 0.15) is 12.4 Å². The number of rotatable bonds is 5. The van der Waals surface area contributed by atoms with Crippen molar-refractivity contribution in [2.45, 2.75) is 27.1 Å². The van der Waals surface area contributed by atoms with Gasteiger partial charge in [-0.05, 0) is 26.0 Å². The fraction of sp³-hybridized carbons (Fsp3) is 0.357. The second-order valence-corrected chi connectivity index (χ2v) is 3.87. The zero-order chi connectivity index (χ0) is 12.1. The summed E-state index contributed by atoms with van der Waals surface area (Å²) < 4.78 is 9.86. The van der Waals surface area contributed by atoms with E-state index in [-0.39, 0.29) is 0 Å². The second kappa shape index (κ2) is 5.64. The summed E-state index contributed by atoms with van der Waals surface area (Å²) >= 11 is 0. The minimum absolute atomic E-state index is 0.605. The van der Waals surface area contributed by atoms with Crippen molar-refractivity contribution in [1.29, 1.82) is 0 Å². The normalized spacial score (nSPS) is 10.7. The Balaban J connectivity index is 2.39. The Bertz CT molecular complexity index is 462. The molecule has 3 nitrogen and oxygen atoms in total. The Kier molecular flexibility index (Phi) is 3.94. The van der Waals surface area contributed by atoms with Gasteiger partial charge in [-0.15, -0.1) is 0 Å². The van der Waals surface area contributed by atoms with Crippen LogP contribution in [0.2, 0.25) is 0 Å². The van der Waals surface area contributed by atoms with Gasteiger partial charge in [0.2, 0.25) is 0 Å². The van der Waals surface area contributed by atoms with Crippen LogP contribution < -0.4 is 4.57 Å². The Morgan fingerprint density at radius 2 is 1.94 bits per heavy atom. The summed E-state index contributed by atoms with van der Waals surface area (Å²) in [5, 5.41) is 0. The van der Waals surface area contributed by atoms with Gasteiger partial charge in [-0.3, -0.25) is 0 Å². The van der Waals surface area contributed by atoms with Gasteiger partial charge >= 0.3 is 0 Å². The summed E-state index contributed by atoms with van der Waals surface area (Å²) in [5.74, 6) is 1.20. The molecule has 0 spiro atoms. The van der Waals surface area contributed by atoms with E-state index in [2.05, 4.69) is 52.7 Å². The first-order valence-corrected chi connectivity index (χ1v) is 6.08. The molecule has 1 aromatic carbocycles. The molecule has 0 bridgehead atoms. The van der Waals surface area contributed by atoms with E-state index in [0.717, 1.165) is 13.2 Å². The molecule has 1 aromatic heterocycles. The quantitative estimate of drug-likeness (QED) is 0.723. The molecule has 17 heavy (non-hydrogen) atoms. The number of hydrogen-bond acceptors (Lipinski definition) is 1. The molecule has 90 valence electrons. The number of hydrogen-bond donors (Lipinski definition) is 0. The topological polar surface area (TPSA) is 18.0 Å². The van der Waals surface area contributed by atoms with Gasteiger partial charge in [-0.25, -0.2) is 9.13 Å². The third-order valence-electron chi connectivity index (χ3n) is 2.78. The van der Waals surface area contributed by atoms with Crippen molar-refractivity contribution in [3.05, 3.63) is 42.7 Å². The number of ether oxygens (including phenoxy) is 1. The number of aryl methyl sites for hydroxylation is 1. The molecular formula is C14H19N2O+. The largest absolute Gasteiger partial charge is 0.342 e. The number of benzene rings is 1. The van der Waals surface area contributed by atoms with Gasteiger partial charge in [0.25, 0.3) is 5.82 Å². The Hall–Kier alpha value is -1.61. The molecule has 0 saturated carbocycles. The van der Waals surface area contributed by atoms with Crippen LogP contribution in [-0.2, 0) is 18.0 Å². The van der Waals surface area contributed by atoms with Crippen LogP contribution in [0, 0.1) is 0 Å². The summed E-state index contributed by atoms with van der Waals surface area (Å²) in [4.78, 5) is 0. The third kappa shape index (κ3) is 2.56. The zero-order valence-electron chi connectivity index (χ0n) is 10.5. The summed E-state index contributed by atoms with van der Waals surface area (Å²) in [7, 11) is 0. The van der Waals surface area contributed by atoms with E-state index in [4.69, 9.17) is 4.74 Å². The van der Waals surface area contributed by atoms with Gasteiger partial charge in [0.05, 0.1) is 12.1 Å². The number of aromatic nitrogens is 2. The van der Waals surface area contributed by atoms with E-state index in [1.807, 2.05) is 13.0 Å². The minimum atomic E-state index is 0.605. The lowest BCUT2D eigenvalue weighted by atomic mass is 10.2. The lowest BCUT2D eigenvalue weighted by molar-refractivity contribution is -0.722. The van der Waals surface area contributed by atoms with E-state index in [1.54, 1.807) is 0 Å². The van der Waals surface area contributed by atoms with Crippen LogP contribution in [0.25, 0.3) is 11.4 Å². The number of nitrogens with zero attached hydrogens (tertiary/aromatic N) is 2. The standard InChI is InChI=1S/C14H19N2O/c1-3-15-10-11-16(12-17-4-2)14(15)13-8-6-5-7-9-13/h5-11H,3-4,12H2,1-2H3/q+1. The van der Waals surface area contributed by atoms with Gasteiger partial charge in [-0.1, -0.05) is 18.2 Å². The van der Waals surface area contributed by atoms with Crippen molar-refractivity contribution in [2.75, 3.05) is 6.61 Å². The van der Waals surface area contributed by atoms with Gasteiger partial charge in [0, 0.05) is 6.61 Å². The van der Waals surface area contributed by atoms with Crippen LogP contribution in [0.3, 0.4) is 0 Å². The van der Waals surface area contributed by atoms with Crippen LogP contribution in [0.4, 0.5) is 0 Å². The Morgan fingerprint density at radius 1 is 1.18 bits per heavy atom. The van der Waals surface area contributed by atoms with Crippen LogP contribution in [-0.4, -0.2) is 11.2 Å². The average Bonchev–Trinajstić information content (AvgIpc) is 2.80. The highest BCUT2D eigenvalue weighted by Gasteiger charge is 2.17. The fourth-order valence-electron chi connectivity index (χ4n) is 1.93. The molecule has 2 aromatic rings. The summed E-state index contributed by atoms with van der Waals surface area (Å²) in [6, 6.07) is 10.4. The molecule has 0 N–H and O–H groups in total. The van der Waals surface area contributed by atoms with E-state index in [1.165, 1.54) is 11.4 Å². The molecule has 0 atom stereocenters. The lowest BCUT2D eigenvalue weighted by Crippen LogP contribution is -2.36. The predicted molar refractivity (Wildman–Crippen MR) is 67.4 cm³/mol. The molecule has 0 aliphatic carbocycles. The van der Waals surface area contributed by atoms with Gasteiger partial charge in [0.15, 0.2) is 6.73 Å². The first kappa shape index (κ1) is 11.9. The third-order valence-corrected chi connectivity index (χ3v) is 2.78. The summed E-state index contributed by atoms with van der Waals surface area (Å²) in [5.41, 5.74) is 1.22. The molecule has 0 saturated heterocycles. The number of imidazole rings is 1. The van der Waals surface area contributed by atoms with Crippen LogP contribution in [0.5, 0.6) is 0 Å². The van der Waals surface area contributed by atoms with Gasteiger partial charge < -0.3 is 4.74 Å². The van der Waals surface area contributed by atoms with Crippen LogP contribution >= 0.6 is 0 Å². The molecule has 0 aliphatic rings. The summed E-state index contributed by atoms with van der Waals surface area (Å²) in [6.07, 6.45) is 4.17. The molecule has 0 fully saturated rings. The van der Waals surface area contributed by atoms with Crippen molar-refractivity contribution >= 4 is 0 Å². The summed E-state index contributed by atoms with van der Waals surface area (Å²) in [6.45, 7) is 6.46. The minimum Gasteiger partial charge on any atom is -0.342 e. The maximum atomic E-state index is 5.49. The molecule has 0 amide bonds. The Morgan fingerprint density at radius 3 is 2.59 bits per heavy atom. The average molecular weight is 231 g/mol. The second-order valence-electron chi connectivity index (χ2n) is 3.87. The molecule has 0 aliphatic heterocycles. The SMILES string of the molecule is CCOC[n+]1ccn(CC)c1-c1ccccc1. The zero-order valence-corrected chi connectivity index (χ0v) is 10.5. The van der Waals surface area contributed by atoms with E-state index in [9.17, 15) is 0 Å². The highest BCUT2D eigenvalue weighted by Crippen LogP contribution is 2.15. The fourth-order valence-corrected chi connectivity index (χ4v) is 1.93. The van der Waals surface area contributed by atoms with Crippen molar-refractivity contribution in [2.24, 2.45) is 0 Å². The van der Waals surface area contributed by atoms with E-state index < -0.39 is 0 Å². The molecule has 2 rings (SSSR count). The first-order valence-electron chi connectivity index (χ1n) is 6.08. The predicted octanol–water partition coefficient (Wildman–Crippen LogP) is 2.46. The molecule has 0 radical (unpaired) electrons. The van der Waals surface area contributed by atoms with Crippen molar-refractivity contribution in [3.8, 4) is 11.4 Å². The van der Waals surface area contributed by atoms with Crippen molar-refractivity contribution < 1.29 is 9.30 Å². The van der Waals surface area contributed by atoms with Crippen LogP contribution in [0.1, 0.15) is 13.8 Å². The van der Waals surface area contributed by atoms with E-state index >= 15 is 0 Å². The Labute approximate surface area is 102 Å². The van der Waals surface area contributed by atoms with Crippen molar-refractivity contribution in [1.82, 2.24) is 4.57 Å². The lowest BCUT2D eigenvalue weighted by Gasteiger charge is -2.04. The smallest absolute Gasteiger partial charge is 0.290 e. The highest BCUT2D eigenvalue weighted by atomic mass is 16.5. The first-order chi connectivity index (χ1) is 8.36. The van der Waals surface area contributed by atoms with Gasteiger partial charge in [-0.2, -0.15) is 0 Å². The van der Waals surface area contributed by atoms with Crippen molar-refractivity contribution in [3.63, 3.8) is 0 Å². The monoisotopic (exact) mass is 231 g/mol. The molecule has 3 heteroatoms. The van der Waals surface area contributed by atoms with Crippen LogP contribution in [0.15, 0.2) is 42.7 Å². The van der Waals surface area contributed by atoms with E-state index in [0.29, 0.717) is 6.73 Å². The highest BCUT2D eigenvalue weighted by molar-refractivity contribution is 5.52. The molecular weight excluding hydrogens is 212 g/mol. The maximum Gasteiger partial charge on any atom is 0.290 e. The molecule has 1 heterocycles. The molecule has 0 unspecified atom stereocenters. The maximum absolute atomic E-state index is 5.49.